The van der Waals surface area contributed by atoms with E-state index in [1.165, 1.54) is 18.3 Å². The summed E-state index contributed by atoms with van der Waals surface area (Å²) in [6.45, 7) is 8.21. The average molecular weight is 527 g/mol. The molecular weight excluding hydrogens is 490 g/mol. The van der Waals surface area contributed by atoms with Gasteiger partial charge in [0.25, 0.3) is 5.91 Å². The van der Waals surface area contributed by atoms with Crippen molar-refractivity contribution in [1.29, 1.82) is 0 Å². The maximum atomic E-state index is 14.2. The number of nitrogens with zero attached hydrogens (tertiary/aromatic N) is 2. The number of aromatic nitrogens is 1. The van der Waals surface area contributed by atoms with E-state index >= 15 is 0 Å². The Bertz CT molecular complexity index is 1210. The van der Waals surface area contributed by atoms with E-state index < -0.39 is 28.9 Å². The van der Waals surface area contributed by atoms with E-state index in [1.807, 2.05) is 11.8 Å². The molecule has 9 heteroatoms. The van der Waals surface area contributed by atoms with Crippen LogP contribution in [-0.4, -0.2) is 47.3 Å². The monoisotopic (exact) mass is 526 g/mol. The number of amides is 2. The van der Waals surface area contributed by atoms with Crippen molar-refractivity contribution in [3.8, 4) is 11.3 Å². The standard InChI is InChI=1S/C29H36F2N4O3/c1-28(2,3)38-27(37)34-29(4)10-12-35(16-29)25-22(26(36)33-23(17-5-6-17)18-7-8-18)9-11-32-24(25)19-13-20(30)15-21(31)14-19/h9,11,13-15,17-18,23H,5-8,10,12,16H2,1-4H3,(H,33,36)(H,34,37)/t29-/m0/s1. The molecule has 1 aromatic heterocycles. The van der Waals surface area contributed by atoms with Crippen molar-refractivity contribution in [2.24, 2.45) is 11.8 Å². The summed E-state index contributed by atoms with van der Waals surface area (Å²) in [7, 11) is 0. The summed E-state index contributed by atoms with van der Waals surface area (Å²) in [6.07, 6.45) is 6.08. The van der Waals surface area contributed by atoms with Gasteiger partial charge in [-0.05, 0) is 89.8 Å². The van der Waals surface area contributed by atoms with Crippen molar-refractivity contribution in [2.75, 3.05) is 18.0 Å². The van der Waals surface area contributed by atoms with Crippen molar-refractivity contribution in [3.63, 3.8) is 0 Å². The first-order valence-corrected chi connectivity index (χ1v) is 13.4. The van der Waals surface area contributed by atoms with Gasteiger partial charge in [0.15, 0.2) is 0 Å². The number of anilines is 1. The lowest BCUT2D eigenvalue weighted by molar-refractivity contribution is 0.0473. The van der Waals surface area contributed by atoms with Gasteiger partial charge in [-0.3, -0.25) is 9.78 Å². The third-order valence-electron chi connectivity index (χ3n) is 7.45. The second-order valence-corrected chi connectivity index (χ2v) is 12.2. The number of benzene rings is 1. The SMILES string of the molecule is CC(C)(C)OC(=O)N[C@@]1(C)CCN(c2c(C(=O)NC(C3CC3)C3CC3)ccnc2-c2cc(F)cc(F)c2)C1. The number of carbonyl (C=O) groups is 2. The number of alkyl carbamates (subject to hydrolysis) is 1. The maximum Gasteiger partial charge on any atom is 0.408 e. The molecule has 2 heterocycles. The second kappa shape index (κ2) is 9.82. The Labute approximate surface area is 222 Å². The summed E-state index contributed by atoms with van der Waals surface area (Å²) < 4.78 is 33.9. The largest absolute Gasteiger partial charge is 0.444 e. The van der Waals surface area contributed by atoms with E-state index in [-0.39, 0.29) is 17.5 Å². The number of hydrogen-bond acceptors (Lipinski definition) is 5. The molecule has 2 amide bonds. The highest BCUT2D eigenvalue weighted by molar-refractivity contribution is 6.03. The Hall–Kier alpha value is -3.23. The van der Waals surface area contributed by atoms with Crippen LogP contribution in [-0.2, 0) is 4.74 Å². The van der Waals surface area contributed by atoms with Gasteiger partial charge in [0.05, 0.1) is 22.5 Å². The normalized spacial score (nSPS) is 21.5. The lowest BCUT2D eigenvalue weighted by Crippen LogP contribution is -2.49. The third kappa shape index (κ3) is 6.08. The Morgan fingerprint density at radius 2 is 1.74 bits per heavy atom. The summed E-state index contributed by atoms with van der Waals surface area (Å²) in [6, 6.07) is 5.07. The number of ether oxygens (including phenoxy) is 1. The fourth-order valence-electron chi connectivity index (χ4n) is 5.42. The minimum Gasteiger partial charge on any atom is -0.444 e. The molecule has 38 heavy (non-hydrogen) atoms. The fourth-order valence-corrected chi connectivity index (χ4v) is 5.42. The van der Waals surface area contributed by atoms with Crippen LogP contribution in [0.2, 0.25) is 0 Å². The van der Waals surface area contributed by atoms with Crippen LogP contribution in [0.4, 0.5) is 19.3 Å². The van der Waals surface area contributed by atoms with Gasteiger partial charge >= 0.3 is 6.09 Å². The van der Waals surface area contributed by atoms with Crippen LogP contribution in [0.15, 0.2) is 30.5 Å². The number of pyridine rings is 1. The zero-order chi connectivity index (χ0) is 27.2. The Kier molecular flexibility index (Phi) is 6.82. The van der Waals surface area contributed by atoms with Crippen LogP contribution in [0, 0.1) is 23.5 Å². The minimum absolute atomic E-state index is 0.149. The molecule has 1 saturated heterocycles. The van der Waals surface area contributed by atoms with Gasteiger partial charge in [0, 0.05) is 37.0 Å². The van der Waals surface area contributed by atoms with E-state index in [9.17, 15) is 18.4 Å². The van der Waals surface area contributed by atoms with Crippen LogP contribution in [0.1, 0.15) is 70.2 Å². The highest BCUT2D eigenvalue weighted by Crippen LogP contribution is 2.45. The van der Waals surface area contributed by atoms with E-state index in [0.29, 0.717) is 48.3 Å². The van der Waals surface area contributed by atoms with Crippen LogP contribution in [0.25, 0.3) is 11.3 Å². The topological polar surface area (TPSA) is 83.6 Å². The number of rotatable bonds is 7. The van der Waals surface area contributed by atoms with E-state index in [1.54, 1.807) is 26.8 Å². The van der Waals surface area contributed by atoms with Crippen molar-refractivity contribution in [2.45, 2.75) is 77.0 Å². The molecule has 1 aliphatic heterocycles. The molecule has 0 spiro atoms. The smallest absolute Gasteiger partial charge is 0.408 e. The Balaban J connectivity index is 1.48. The first-order valence-electron chi connectivity index (χ1n) is 13.4. The number of halogens is 2. The third-order valence-corrected chi connectivity index (χ3v) is 7.45. The molecule has 7 nitrogen and oxygen atoms in total. The summed E-state index contributed by atoms with van der Waals surface area (Å²) in [5, 5.41) is 6.24. The second-order valence-electron chi connectivity index (χ2n) is 12.2. The number of carbonyl (C=O) groups excluding carboxylic acids is 2. The highest BCUT2D eigenvalue weighted by Gasteiger charge is 2.43. The van der Waals surface area contributed by atoms with Gasteiger partial charge in [0.2, 0.25) is 0 Å². The summed E-state index contributed by atoms with van der Waals surface area (Å²) in [5.41, 5.74) is 0.221. The molecule has 2 saturated carbocycles. The molecule has 1 aromatic carbocycles. The fraction of sp³-hybridized carbons (Fsp3) is 0.552. The highest BCUT2D eigenvalue weighted by atomic mass is 19.1. The first kappa shape index (κ1) is 26.4. The molecule has 2 aromatic rings. The van der Waals surface area contributed by atoms with Gasteiger partial charge < -0.3 is 20.3 Å². The van der Waals surface area contributed by atoms with E-state index in [4.69, 9.17) is 4.74 Å². The lowest BCUT2D eigenvalue weighted by atomic mass is 10.0. The molecule has 2 N–H and O–H groups in total. The van der Waals surface area contributed by atoms with Crippen molar-refractivity contribution in [1.82, 2.24) is 15.6 Å². The van der Waals surface area contributed by atoms with Crippen LogP contribution >= 0.6 is 0 Å². The molecule has 3 fully saturated rings. The molecular formula is C29H36F2N4O3. The number of nitrogens with one attached hydrogen (secondary N) is 2. The van der Waals surface area contributed by atoms with Gasteiger partial charge in [-0.2, -0.15) is 0 Å². The summed E-state index contributed by atoms with van der Waals surface area (Å²) in [4.78, 5) is 32.7. The summed E-state index contributed by atoms with van der Waals surface area (Å²) in [5.74, 6) is -0.618. The number of hydrogen-bond donors (Lipinski definition) is 2. The van der Waals surface area contributed by atoms with E-state index in [0.717, 1.165) is 31.7 Å². The zero-order valence-corrected chi connectivity index (χ0v) is 22.4. The van der Waals surface area contributed by atoms with Crippen molar-refractivity contribution in [3.05, 3.63) is 47.7 Å². The maximum absolute atomic E-state index is 14.2. The molecule has 0 unspecified atom stereocenters. The lowest BCUT2D eigenvalue weighted by Gasteiger charge is -2.30. The summed E-state index contributed by atoms with van der Waals surface area (Å²) >= 11 is 0. The van der Waals surface area contributed by atoms with Gasteiger partial charge in [-0.15, -0.1) is 0 Å². The van der Waals surface area contributed by atoms with Crippen LogP contribution < -0.4 is 15.5 Å². The predicted octanol–water partition coefficient (Wildman–Crippen LogP) is 5.44. The molecule has 3 aliphatic rings. The molecule has 5 rings (SSSR count). The Morgan fingerprint density at radius 3 is 2.32 bits per heavy atom. The molecule has 204 valence electrons. The molecule has 2 aliphatic carbocycles. The quantitative estimate of drug-likeness (QED) is 0.502. The average Bonchev–Trinajstić information content (AvgIpc) is 3.73. The van der Waals surface area contributed by atoms with Crippen molar-refractivity contribution >= 4 is 17.7 Å². The van der Waals surface area contributed by atoms with Crippen molar-refractivity contribution < 1.29 is 23.1 Å². The zero-order valence-electron chi connectivity index (χ0n) is 22.4. The molecule has 1 atom stereocenters. The first-order chi connectivity index (χ1) is 17.9. The van der Waals surface area contributed by atoms with Crippen LogP contribution in [0.3, 0.4) is 0 Å². The van der Waals surface area contributed by atoms with Gasteiger partial charge in [0.1, 0.15) is 17.2 Å². The minimum atomic E-state index is -0.719. The Morgan fingerprint density at radius 1 is 1.11 bits per heavy atom. The predicted molar refractivity (Wildman–Crippen MR) is 141 cm³/mol. The van der Waals surface area contributed by atoms with Gasteiger partial charge in [-0.1, -0.05) is 0 Å². The van der Waals surface area contributed by atoms with Crippen LogP contribution in [0.5, 0.6) is 0 Å². The molecule has 0 bridgehead atoms. The van der Waals surface area contributed by atoms with Gasteiger partial charge in [-0.25, -0.2) is 13.6 Å². The molecule has 0 radical (unpaired) electrons. The van der Waals surface area contributed by atoms with E-state index in [2.05, 4.69) is 15.6 Å².